The Bertz CT molecular complexity index is 554. The number of rotatable bonds is 2. The van der Waals surface area contributed by atoms with Crippen molar-refractivity contribution in [3.63, 3.8) is 0 Å². The zero-order chi connectivity index (χ0) is 19.0. The van der Waals surface area contributed by atoms with Crippen LogP contribution in [-0.4, -0.2) is 50.5 Å². The molecule has 1 amide bonds. The maximum Gasteiger partial charge on any atom is 0.410 e. The fraction of sp³-hybridized carbons (Fsp3) is 0.889. The van der Waals surface area contributed by atoms with Crippen LogP contribution in [0.4, 0.5) is 4.79 Å². The van der Waals surface area contributed by atoms with Crippen molar-refractivity contribution >= 4 is 22.9 Å². The molecule has 0 bridgehead atoms. The number of piperidine rings is 1. The Hall–Kier alpha value is -0.950. The van der Waals surface area contributed by atoms with Gasteiger partial charge < -0.3 is 9.64 Å². The van der Waals surface area contributed by atoms with Crippen LogP contribution in [-0.2, 0) is 20.5 Å². The molecule has 2 rings (SSSR count). The van der Waals surface area contributed by atoms with Gasteiger partial charge in [0.05, 0.1) is 15.7 Å². The molecule has 0 aromatic rings. The summed E-state index contributed by atoms with van der Waals surface area (Å²) in [4.78, 5) is 26.1. The van der Waals surface area contributed by atoms with Gasteiger partial charge in [0, 0.05) is 32.0 Å². The van der Waals surface area contributed by atoms with E-state index in [2.05, 4.69) is 4.72 Å². The van der Waals surface area contributed by atoms with Crippen LogP contribution in [0.15, 0.2) is 0 Å². The van der Waals surface area contributed by atoms with Crippen molar-refractivity contribution in [1.29, 1.82) is 0 Å². The Morgan fingerprint density at radius 3 is 2.24 bits per heavy atom. The number of carbonyl (C=O) groups is 2. The van der Waals surface area contributed by atoms with Crippen LogP contribution in [0, 0.1) is 5.41 Å². The standard InChI is InChI=1S/C18H32N2O4S/c1-16(2,3)24-15(22)20-9-7-18(8-10-20)12-13(21)11-14(18)19-25(23)17(4,5)6/h14,19H,7-12H2,1-6H3/t14-,25-/m1/s1. The van der Waals surface area contributed by atoms with Gasteiger partial charge in [0.15, 0.2) is 0 Å². The Labute approximate surface area is 153 Å². The fourth-order valence-electron chi connectivity index (χ4n) is 3.49. The first kappa shape index (κ1) is 20.4. The van der Waals surface area contributed by atoms with Gasteiger partial charge in [-0.2, -0.15) is 0 Å². The van der Waals surface area contributed by atoms with Gasteiger partial charge in [-0.05, 0) is 59.8 Å². The summed E-state index contributed by atoms with van der Waals surface area (Å²) in [5.74, 6) is 0.217. The smallest absolute Gasteiger partial charge is 0.410 e. The summed E-state index contributed by atoms with van der Waals surface area (Å²) >= 11 is 0. The lowest BCUT2D eigenvalue weighted by Crippen LogP contribution is -2.52. The molecule has 1 N–H and O–H groups in total. The first-order chi connectivity index (χ1) is 11.3. The van der Waals surface area contributed by atoms with E-state index in [9.17, 15) is 13.8 Å². The van der Waals surface area contributed by atoms with E-state index >= 15 is 0 Å². The van der Waals surface area contributed by atoms with E-state index in [1.807, 2.05) is 41.5 Å². The number of amides is 1. The molecule has 7 heteroatoms. The zero-order valence-corrected chi connectivity index (χ0v) is 17.1. The van der Waals surface area contributed by atoms with Crippen LogP contribution >= 0.6 is 0 Å². The number of nitrogens with one attached hydrogen (secondary N) is 1. The number of nitrogens with zero attached hydrogens (tertiary/aromatic N) is 1. The van der Waals surface area contributed by atoms with E-state index in [1.165, 1.54) is 0 Å². The average molecular weight is 373 g/mol. The molecule has 1 saturated carbocycles. The highest BCUT2D eigenvalue weighted by Gasteiger charge is 2.50. The van der Waals surface area contributed by atoms with E-state index in [0.29, 0.717) is 25.9 Å². The lowest BCUT2D eigenvalue weighted by molar-refractivity contribution is -0.118. The van der Waals surface area contributed by atoms with Crippen molar-refractivity contribution in [2.24, 2.45) is 5.41 Å². The quantitative estimate of drug-likeness (QED) is 0.809. The molecule has 1 saturated heterocycles. The van der Waals surface area contributed by atoms with Gasteiger partial charge in [-0.15, -0.1) is 0 Å². The molecule has 0 aromatic carbocycles. The lowest BCUT2D eigenvalue weighted by atomic mass is 9.74. The Kier molecular flexibility index (Phi) is 5.69. The van der Waals surface area contributed by atoms with Gasteiger partial charge in [0.2, 0.25) is 0 Å². The topological polar surface area (TPSA) is 75.7 Å². The third kappa shape index (κ3) is 5.03. The fourth-order valence-corrected chi connectivity index (χ4v) is 4.44. The maximum absolute atomic E-state index is 12.5. The predicted molar refractivity (Wildman–Crippen MR) is 98.5 cm³/mol. The molecule has 0 aromatic heterocycles. The van der Waals surface area contributed by atoms with Gasteiger partial charge in [0.1, 0.15) is 11.4 Å². The van der Waals surface area contributed by atoms with Crippen molar-refractivity contribution in [3.05, 3.63) is 0 Å². The Morgan fingerprint density at radius 1 is 1.20 bits per heavy atom. The second kappa shape index (κ2) is 6.99. The molecule has 1 aliphatic heterocycles. The van der Waals surface area contributed by atoms with Crippen LogP contribution in [0.3, 0.4) is 0 Å². The minimum Gasteiger partial charge on any atom is -0.444 e. The van der Waals surface area contributed by atoms with E-state index in [4.69, 9.17) is 4.74 Å². The number of ether oxygens (including phenoxy) is 1. The van der Waals surface area contributed by atoms with Gasteiger partial charge in [-0.1, -0.05) is 0 Å². The summed E-state index contributed by atoms with van der Waals surface area (Å²) < 4.78 is 20.8. The van der Waals surface area contributed by atoms with Crippen molar-refractivity contribution in [3.8, 4) is 0 Å². The summed E-state index contributed by atoms with van der Waals surface area (Å²) in [6, 6.07) is -0.0826. The average Bonchev–Trinajstić information content (AvgIpc) is 2.72. The first-order valence-corrected chi connectivity index (χ1v) is 10.2. The predicted octanol–water partition coefficient (Wildman–Crippen LogP) is 2.79. The molecule has 1 spiro atoms. The number of hydrogen-bond acceptors (Lipinski definition) is 4. The van der Waals surface area contributed by atoms with Crippen LogP contribution in [0.5, 0.6) is 0 Å². The summed E-state index contributed by atoms with van der Waals surface area (Å²) in [6.07, 6.45) is 2.10. The van der Waals surface area contributed by atoms with Crippen molar-refractivity contribution in [1.82, 2.24) is 9.62 Å². The largest absolute Gasteiger partial charge is 0.444 e. The molecule has 1 aliphatic carbocycles. The molecule has 1 heterocycles. The second-order valence-electron chi connectivity index (χ2n) is 9.30. The van der Waals surface area contributed by atoms with Crippen molar-refractivity contribution in [2.45, 2.75) is 83.6 Å². The van der Waals surface area contributed by atoms with Crippen molar-refractivity contribution < 1.29 is 18.5 Å². The Balaban J connectivity index is 2.03. The summed E-state index contributed by atoms with van der Waals surface area (Å²) in [7, 11) is -1.21. The lowest BCUT2D eigenvalue weighted by Gasteiger charge is -2.43. The highest BCUT2D eigenvalue weighted by atomic mass is 32.2. The van der Waals surface area contributed by atoms with Crippen LogP contribution in [0.1, 0.15) is 67.2 Å². The molecule has 2 fully saturated rings. The first-order valence-electron chi connectivity index (χ1n) is 9.00. The number of carbonyl (C=O) groups excluding carboxylic acids is 2. The summed E-state index contributed by atoms with van der Waals surface area (Å²) in [6.45, 7) is 12.5. The van der Waals surface area contributed by atoms with E-state index in [0.717, 1.165) is 12.8 Å². The van der Waals surface area contributed by atoms with E-state index in [-0.39, 0.29) is 28.1 Å². The molecule has 0 radical (unpaired) electrons. The number of hydrogen-bond donors (Lipinski definition) is 1. The number of ketones is 1. The minimum atomic E-state index is -1.21. The third-order valence-electron chi connectivity index (χ3n) is 4.94. The molecule has 25 heavy (non-hydrogen) atoms. The molecule has 0 unspecified atom stereocenters. The van der Waals surface area contributed by atoms with Crippen molar-refractivity contribution in [2.75, 3.05) is 13.1 Å². The number of Topliss-reactive ketones (excluding diaryl/α,β-unsaturated/α-hetero) is 1. The van der Waals surface area contributed by atoms with Gasteiger partial charge in [0.25, 0.3) is 0 Å². The number of likely N-dealkylation sites (tertiary alicyclic amines) is 1. The second-order valence-corrected chi connectivity index (χ2v) is 11.3. The zero-order valence-electron chi connectivity index (χ0n) is 16.3. The third-order valence-corrected chi connectivity index (χ3v) is 6.55. The van der Waals surface area contributed by atoms with Gasteiger partial charge >= 0.3 is 6.09 Å². The molecule has 2 atom stereocenters. The van der Waals surface area contributed by atoms with E-state index in [1.54, 1.807) is 4.90 Å². The monoisotopic (exact) mass is 372 g/mol. The highest BCUT2D eigenvalue weighted by Crippen LogP contribution is 2.45. The molecule has 144 valence electrons. The van der Waals surface area contributed by atoms with E-state index < -0.39 is 16.6 Å². The van der Waals surface area contributed by atoms with Gasteiger partial charge in [-0.3, -0.25) is 4.79 Å². The Morgan fingerprint density at radius 2 is 1.76 bits per heavy atom. The van der Waals surface area contributed by atoms with Gasteiger partial charge in [-0.25, -0.2) is 13.7 Å². The molecule has 2 aliphatic rings. The molecular formula is C18H32N2O4S. The maximum atomic E-state index is 12.5. The highest BCUT2D eigenvalue weighted by molar-refractivity contribution is 7.84. The molecular weight excluding hydrogens is 340 g/mol. The van der Waals surface area contributed by atoms with Crippen LogP contribution in [0.25, 0.3) is 0 Å². The van der Waals surface area contributed by atoms with Crippen LogP contribution < -0.4 is 4.72 Å². The summed E-state index contributed by atoms with van der Waals surface area (Å²) in [5, 5.41) is 0. The minimum absolute atomic E-state index is 0.0826. The van der Waals surface area contributed by atoms with Crippen LogP contribution in [0.2, 0.25) is 0 Å². The SMILES string of the molecule is CC(C)(C)OC(=O)N1CCC2(CC1)CC(=O)C[C@H]2N[S@](=O)C(C)(C)C. The normalized spacial score (nSPS) is 25.3. The molecule has 6 nitrogen and oxygen atoms in total. The summed E-state index contributed by atoms with van der Waals surface area (Å²) in [5.41, 5.74) is -0.709.